The van der Waals surface area contributed by atoms with Crippen molar-refractivity contribution in [3.63, 3.8) is 0 Å². The third-order valence-electron chi connectivity index (χ3n) is 6.01. The number of hydrogen-bond donors (Lipinski definition) is 1. The average Bonchev–Trinajstić information content (AvgIpc) is 3.00. The molecule has 0 radical (unpaired) electrons. The van der Waals surface area contributed by atoms with E-state index in [4.69, 9.17) is 4.74 Å². The first-order chi connectivity index (χ1) is 13.6. The van der Waals surface area contributed by atoms with Crippen molar-refractivity contribution in [1.29, 1.82) is 0 Å². The van der Waals surface area contributed by atoms with Gasteiger partial charge in [0.05, 0.1) is 0 Å². The summed E-state index contributed by atoms with van der Waals surface area (Å²) in [6.07, 6.45) is 3.54. The van der Waals surface area contributed by atoms with Crippen LogP contribution in [0.1, 0.15) is 51.0 Å². The van der Waals surface area contributed by atoms with E-state index in [1.54, 1.807) is 0 Å². The molecule has 1 unspecified atom stereocenters. The molecule has 0 spiro atoms. The van der Waals surface area contributed by atoms with Crippen LogP contribution in [0.25, 0.3) is 0 Å². The number of amides is 3. The van der Waals surface area contributed by atoms with Gasteiger partial charge in [-0.1, -0.05) is 26.0 Å². The number of hydrogen-bond acceptors (Lipinski definition) is 3. The molecule has 1 aromatic rings. The molecular formula is C22H33N3O3. The molecule has 0 aliphatic carbocycles. The highest BCUT2D eigenvalue weighted by molar-refractivity contribution is 5.89. The molecule has 3 amide bonds. The van der Waals surface area contributed by atoms with Crippen LogP contribution in [0.4, 0.5) is 10.5 Å². The lowest BCUT2D eigenvalue weighted by Crippen LogP contribution is -2.42. The van der Waals surface area contributed by atoms with Crippen molar-refractivity contribution in [2.24, 2.45) is 5.92 Å². The van der Waals surface area contributed by atoms with Gasteiger partial charge in [0.2, 0.25) is 5.91 Å². The number of nitrogens with one attached hydrogen (secondary N) is 1. The van der Waals surface area contributed by atoms with Gasteiger partial charge in [-0.05, 0) is 49.3 Å². The Balaban J connectivity index is 1.51. The quantitative estimate of drug-likeness (QED) is 0.857. The predicted octanol–water partition coefficient (Wildman–Crippen LogP) is 3.69. The van der Waals surface area contributed by atoms with Crippen LogP contribution in [-0.2, 0) is 9.53 Å². The number of anilines is 1. The zero-order chi connectivity index (χ0) is 19.9. The second kappa shape index (κ2) is 9.92. The van der Waals surface area contributed by atoms with Crippen molar-refractivity contribution < 1.29 is 14.3 Å². The van der Waals surface area contributed by atoms with Crippen molar-refractivity contribution in [3.05, 3.63) is 29.8 Å². The van der Waals surface area contributed by atoms with Crippen LogP contribution in [0.15, 0.2) is 24.3 Å². The molecule has 3 rings (SSSR count). The van der Waals surface area contributed by atoms with E-state index in [0.29, 0.717) is 38.8 Å². The second-order valence-electron chi connectivity index (χ2n) is 7.91. The van der Waals surface area contributed by atoms with E-state index >= 15 is 0 Å². The van der Waals surface area contributed by atoms with Gasteiger partial charge in [-0.3, -0.25) is 4.79 Å². The summed E-state index contributed by atoms with van der Waals surface area (Å²) in [6, 6.07) is 8.02. The largest absolute Gasteiger partial charge is 0.381 e. The Morgan fingerprint density at radius 1 is 1.07 bits per heavy atom. The van der Waals surface area contributed by atoms with Gasteiger partial charge < -0.3 is 19.9 Å². The first-order valence-corrected chi connectivity index (χ1v) is 10.6. The highest BCUT2D eigenvalue weighted by Gasteiger charge is 2.28. The fourth-order valence-corrected chi connectivity index (χ4v) is 3.88. The van der Waals surface area contributed by atoms with Crippen molar-refractivity contribution in [3.8, 4) is 0 Å². The molecule has 6 heteroatoms. The summed E-state index contributed by atoms with van der Waals surface area (Å²) in [5, 5.41) is 3.00. The van der Waals surface area contributed by atoms with E-state index in [1.807, 2.05) is 21.9 Å². The number of nitrogens with zero attached hydrogens (tertiary/aromatic N) is 2. The maximum Gasteiger partial charge on any atom is 0.321 e. The number of ether oxygens (including phenoxy) is 1. The highest BCUT2D eigenvalue weighted by atomic mass is 16.5. The van der Waals surface area contributed by atoms with Gasteiger partial charge in [-0.2, -0.15) is 0 Å². The summed E-state index contributed by atoms with van der Waals surface area (Å²) in [4.78, 5) is 29.2. The van der Waals surface area contributed by atoms with E-state index in [9.17, 15) is 9.59 Å². The zero-order valence-electron chi connectivity index (χ0n) is 17.2. The maximum absolute atomic E-state index is 12.7. The monoisotopic (exact) mass is 387 g/mol. The smallest absolute Gasteiger partial charge is 0.321 e. The van der Waals surface area contributed by atoms with E-state index in [-0.39, 0.29) is 17.9 Å². The molecule has 154 valence electrons. The van der Waals surface area contributed by atoms with Crippen LogP contribution in [0.2, 0.25) is 0 Å². The number of urea groups is 1. The molecule has 1 N–H and O–H groups in total. The van der Waals surface area contributed by atoms with Crippen molar-refractivity contribution in [2.45, 2.75) is 45.4 Å². The van der Waals surface area contributed by atoms with Gasteiger partial charge in [-0.25, -0.2) is 4.79 Å². The molecule has 2 heterocycles. The summed E-state index contributed by atoms with van der Waals surface area (Å²) in [5.41, 5.74) is 2.11. The van der Waals surface area contributed by atoms with Gasteiger partial charge in [0.1, 0.15) is 0 Å². The van der Waals surface area contributed by atoms with E-state index < -0.39 is 0 Å². The van der Waals surface area contributed by atoms with Crippen LogP contribution in [0, 0.1) is 5.92 Å². The molecule has 2 aliphatic heterocycles. The van der Waals surface area contributed by atoms with Crippen molar-refractivity contribution >= 4 is 17.6 Å². The zero-order valence-corrected chi connectivity index (χ0v) is 17.2. The topological polar surface area (TPSA) is 61.9 Å². The third kappa shape index (κ3) is 5.25. The fourth-order valence-electron chi connectivity index (χ4n) is 3.88. The van der Waals surface area contributed by atoms with Gasteiger partial charge in [0.25, 0.3) is 0 Å². The summed E-state index contributed by atoms with van der Waals surface area (Å²) >= 11 is 0. The van der Waals surface area contributed by atoms with Crippen LogP contribution < -0.4 is 5.32 Å². The van der Waals surface area contributed by atoms with Gasteiger partial charge in [-0.15, -0.1) is 0 Å². The number of rotatable bonds is 4. The summed E-state index contributed by atoms with van der Waals surface area (Å²) in [7, 11) is 0. The number of carbonyl (C=O) groups excluding carboxylic acids is 2. The molecule has 2 aliphatic rings. The van der Waals surface area contributed by atoms with Crippen LogP contribution >= 0.6 is 0 Å². The lowest BCUT2D eigenvalue weighted by Gasteiger charge is -2.28. The van der Waals surface area contributed by atoms with E-state index in [2.05, 4.69) is 31.3 Å². The number of carbonyl (C=O) groups is 2. The van der Waals surface area contributed by atoms with Crippen molar-refractivity contribution in [1.82, 2.24) is 9.80 Å². The molecule has 28 heavy (non-hydrogen) atoms. The van der Waals surface area contributed by atoms with Gasteiger partial charge in [0.15, 0.2) is 0 Å². The molecule has 0 aromatic heterocycles. The van der Waals surface area contributed by atoms with Gasteiger partial charge in [0, 0.05) is 51.0 Å². The SMILES string of the molecule is CCC(C)c1ccc(NC(=O)N2CCCN(C(=O)C3CCOCC3)CC2)cc1. The molecule has 1 atom stereocenters. The Labute approximate surface area is 168 Å². The fraction of sp³-hybridized carbons (Fsp3) is 0.636. The highest BCUT2D eigenvalue weighted by Crippen LogP contribution is 2.21. The molecular weight excluding hydrogens is 354 g/mol. The molecule has 6 nitrogen and oxygen atoms in total. The number of benzene rings is 1. The molecule has 0 bridgehead atoms. The molecule has 0 saturated carbocycles. The first-order valence-electron chi connectivity index (χ1n) is 10.6. The standard InChI is InChI=1S/C22H33N3O3/c1-3-17(2)18-5-7-20(8-6-18)23-22(27)25-12-4-11-24(13-14-25)21(26)19-9-15-28-16-10-19/h5-8,17,19H,3-4,9-16H2,1-2H3,(H,23,27). The summed E-state index contributed by atoms with van der Waals surface area (Å²) in [6.45, 7) is 8.32. The minimum absolute atomic E-state index is 0.0816. The Morgan fingerprint density at radius 2 is 1.71 bits per heavy atom. The Kier molecular flexibility index (Phi) is 7.31. The minimum Gasteiger partial charge on any atom is -0.381 e. The predicted molar refractivity (Wildman–Crippen MR) is 110 cm³/mol. The normalized spacial score (nSPS) is 19.8. The lowest BCUT2D eigenvalue weighted by molar-refractivity contribution is -0.138. The summed E-state index contributed by atoms with van der Waals surface area (Å²) in [5.74, 6) is 0.832. The van der Waals surface area contributed by atoms with E-state index in [1.165, 1.54) is 5.56 Å². The molecule has 2 saturated heterocycles. The second-order valence-corrected chi connectivity index (χ2v) is 7.91. The third-order valence-corrected chi connectivity index (χ3v) is 6.01. The first kappa shape index (κ1) is 20.6. The Bertz CT molecular complexity index is 655. The minimum atomic E-state index is -0.0864. The Hall–Kier alpha value is -2.08. The van der Waals surface area contributed by atoms with E-state index in [0.717, 1.165) is 37.9 Å². The van der Waals surface area contributed by atoms with Crippen LogP contribution in [0.5, 0.6) is 0 Å². The molecule has 1 aromatic carbocycles. The van der Waals surface area contributed by atoms with Crippen molar-refractivity contribution in [2.75, 3.05) is 44.7 Å². The maximum atomic E-state index is 12.7. The molecule has 2 fully saturated rings. The Morgan fingerprint density at radius 3 is 2.39 bits per heavy atom. The van der Waals surface area contributed by atoms with Gasteiger partial charge >= 0.3 is 6.03 Å². The average molecular weight is 388 g/mol. The van der Waals surface area contributed by atoms with Crippen LogP contribution in [0.3, 0.4) is 0 Å². The lowest BCUT2D eigenvalue weighted by atomic mass is 9.98. The summed E-state index contributed by atoms with van der Waals surface area (Å²) < 4.78 is 5.36. The van der Waals surface area contributed by atoms with Crippen LogP contribution in [-0.4, -0.2) is 61.1 Å².